The Hall–Kier alpha value is -0.595. The van der Waals surface area contributed by atoms with Crippen LogP contribution in [0, 0.1) is 39.9 Å². The first-order chi connectivity index (χ1) is 16.8. The van der Waals surface area contributed by atoms with E-state index in [0.29, 0.717) is 0 Å². The number of sulfonamides is 1. The van der Waals surface area contributed by atoms with Crippen LogP contribution < -0.4 is 15.3 Å². The van der Waals surface area contributed by atoms with Crippen LogP contribution in [0.5, 0.6) is 0 Å². The van der Waals surface area contributed by atoms with Crippen molar-refractivity contribution in [3.63, 3.8) is 0 Å². The third-order valence-electron chi connectivity index (χ3n) is 5.69. The van der Waals surface area contributed by atoms with Gasteiger partial charge in [0.1, 0.15) is 0 Å². The predicted octanol–water partition coefficient (Wildman–Crippen LogP) is -7.93. The van der Waals surface area contributed by atoms with Gasteiger partial charge in [0.2, 0.25) is 10.0 Å². The summed E-state index contributed by atoms with van der Waals surface area (Å²) in [4.78, 5) is 39.9. The number of carbonyl (C=O) groups is 3. The van der Waals surface area contributed by atoms with Gasteiger partial charge in [-0.25, -0.2) is 8.42 Å². The van der Waals surface area contributed by atoms with E-state index in [1.54, 1.807) is 14.7 Å². The summed E-state index contributed by atoms with van der Waals surface area (Å²) in [6, 6.07) is 0. The Morgan fingerprint density at radius 3 is 1.38 bits per heavy atom. The monoisotopic (exact) mass is 696 g/mol. The van der Waals surface area contributed by atoms with Gasteiger partial charge in [0.05, 0.1) is 36.9 Å². The van der Waals surface area contributed by atoms with Gasteiger partial charge in [-0.2, -0.15) is 4.31 Å². The van der Waals surface area contributed by atoms with Crippen LogP contribution in [0.15, 0.2) is 0 Å². The van der Waals surface area contributed by atoms with Crippen molar-refractivity contribution in [2.75, 3.05) is 104 Å². The molecular weight excluding hydrogens is 660 g/mol. The summed E-state index contributed by atoms with van der Waals surface area (Å²) in [5.41, 5.74) is 0. The van der Waals surface area contributed by atoms with E-state index < -0.39 is 60.3 Å². The molecule has 1 aliphatic rings. The van der Waals surface area contributed by atoms with E-state index >= 15 is 0 Å². The molecule has 15 nitrogen and oxygen atoms in total. The van der Waals surface area contributed by atoms with E-state index in [-0.39, 0.29) is 112 Å². The summed E-state index contributed by atoms with van der Waals surface area (Å²) in [5.74, 6) is -3.94. The SMILES string of the molecule is CS(=O)(=O)N(CCO)CC(O)CN1CCN(CC(=O)[O-])CCN(CC(=O)[O-])CCN(CC(=O)[O-])CC1.[Gd+3]. The molecule has 1 fully saturated rings. The van der Waals surface area contributed by atoms with Gasteiger partial charge >= 0.3 is 39.9 Å². The van der Waals surface area contributed by atoms with Crippen molar-refractivity contribution in [2.24, 2.45) is 0 Å². The average Bonchev–Trinajstić information content (AvgIpc) is 2.73. The number of aliphatic hydroxyl groups excluding tert-OH is 2. The van der Waals surface area contributed by atoms with Crippen molar-refractivity contribution >= 4 is 27.9 Å². The van der Waals surface area contributed by atoms with Gasteiger partial charge in [0.25, 0.3) is 0 Å². The summed E-state index contributed by atoms with van der Waals surface area (Å²) < 4.78 is 24.7. The molecule has 0 aromatic heterocycles. The number of carboxylic acids is 3. The molecule has 1 radical (unpaired) electrons. The number of nitrogens with zero attached hydrogens (tertiary/aromatic N) is 5. The van der Waals surface area contributed by atoms with Crippen LogP contribution in [0.4, 0.5) is 0 Å². The number of β-amino-alcohol motifs (C(OH)–C–C–N with tert-alkyl or cyclic N) is 1. The maximum atomic E-state index is 11.9. The largest absolute Gasteiger partial charge is 3.00 e. The van der Waals surface area contributed by atoms with Crippen LogP contribution in [0.1, 0.15) is 0 Å². The molecule has 0 saturated carbocycles. The fraction of sp³-hybridized carbons (Fsp3) is 0.850. The molecule has 1 heterocycles. The molecule has 215 valence electrons. The van der Waals surface area contributed by atoms with Crippen LogP contribution in [-0.2, 0) is 24.4 Å². The first-order valence-corrected chi connectivity index (χ1v) is 13.4. The molecule has 1 unspecified atom stereocenters. The smallest absolute Gasteiger partial charge is 0.549 e. The molecule has 0 aliphatic carbocycles. The van der Waals surface area contributed by atoms with Gasteiger partial charge in [0, 0.05) is 91.6 Å². The van der Waals surface area contributed by atoms with Crippen LogP contribution in [0.25, 0.3) is 0 Å². The minimum absolute atomic E-state index is 0. The molecule has 1 rings (SSSR count). The van der Waals surface area contributed by atoms with Crippen molar-refractivity contribution in [3.8, 4) is 0 Å². The van der Waals surface area contributed by atoms with E-state index in [2.05, 4.69) is 0 Å². The average molecular weight is 696 g/mol. The molecule has 17 heteroatoms. The van der Waals surface area contributed by atoms with Gasteiger partial charge < -0.3 is 39.9 Å². The summed E-state index contributed by atoms with van der Waals surface area (Å²) >= 11 is 0. The Labute approximate surface area is 249 Å². The number of hydrogen-bond donors (Lipinski definition) is 2. The second-order valence-electron chi connectivity index (χ2n) is 8.74. The van der Waals surface area contributed by atoms with Crippen molar-refractivity contribution in [3.05, 3.63) is 0 Å². The fourth-order valence-electron chi connectivity index (χ4n) is 3.88. The maximum absolute atomic E-state index is 11.9. The van der Waals surface area contributed by atoms with Gasteiger partial charge in [-0.3, -0.25) is 19.6 Å². The molecule has 0 aromatic rings. The summed E-state index contributed by atoms with van der Waals surface area (Å²) in [5, 5.41) is 53.2. The molecule has 0 bridgehead atoms. The van der Waals surface area contributed by atoms with E-state index in [1.807, 2.05) is 0 Å². The predicted molar refractivity (Wildman–Crippen MR) is 120 cm³/mol. The Morgan fingerprint density at radius 2 is 1.11 bits per heavy atom. The van der Waals surface area contributed by atoms with Gasteiger partial charge in [-0.15, -0.1) is 0 Å². The molecule has 1 saturated heterocycles. The summed E-state index contributed by atoms with van der Waals surface area (Å²) in [6.07, 6.45) is -0.174. The zero-order chi connectivity index (χ0) is 27.3. The molecule has 1 aliphatic heterocycles. The van der Waals surface area contributed by atoms with E-state index in [4.69, 9.17) is 5.11 Å². The second-order valence-corrected chi connectivity index (χ2v) is 10.7. The van der Waals surface area contributed by atoms with Crippen molar-refractivity contribution in [2.45, 2.75) is 6.10 Å². The minimum atomic E-state index is -3.67. The Balaban J connectivity index is 0.0000130. The van der Waals surface area contributed by atoms with Gasteiger partial charge in [-0.1, -0.05) is 0 Å². The number of carboxylic acid groups (broad SMARTS) is 3. The molecule has 0 spiro atoms. The third-order valence-corrected chi connectivity index (χ3v) is 6.96. The molecule has 37 heavy (non-hydrogen) atoms. The Bertz CT molecular complexity index is 789. The zero-order valence-electron chi connectivity index (χ0n) is 20.8. The number of carbonyl (C=O) groups excluding carboxylic acids is 3. The van der Waals surface area contributed by atoms with Crippen LogP contribution in [0.3, 0.4) is 0 Å². The number of rotatable bonds is 13. The number of aliphatic carboxylic acids is 3. The van der Waals surface area contributed by atoms with Crippen molar-refractivity contribution < 1.29 is 88.3 Å². The fourth-order valence-corrected chi connectivity index (χ4v) is 4.73. The summed E-state index contributed by atoms with van der Waals surface area (Å²) in [6.45, 7) is -0.367. The van der Waals surface area contributed by atoms with E-state index in [9.17, 15) is 43.2 Å². The quantitative estimate of drug-likeness (QED) is 0.183. The molecule has 2 N–H and O–H groups in total. The molecule has 0 amide bonds. The minimum Gasteiger partial charge on any atom is -0.549 e. The summed E-state index contributed by atoms with van der Waals surface area (Å²) in [7, 11) is -3.67. The van der Waals surface area contributed by atoms with Crippen molar-refractivity contribution in [1.29, 1.82) is 0 Å². The normalized spacial score (nSPS) is 18.9. The van der Waals surface area contributed by atoms with Crippen molar-refractivity contribution in [1.82, 2.24) is 23.9 Å². The first kappa shape index (κ1) is 36.4. The van der Waals surface area contributed by atoms with Crippen LogP contribution >= 0.6 is 0 Å². The molecule has 0 aromatic carbocycles. The molecular formula is C20H36GdN5O10S. The second kappa shape index (κ2) is 18.6. The Kier molecular flexibility index (Phi) is 18.3. The van der Waals surface area contributed by atoms with Gasteiger partial charge in [-0.05, 0) is 0 Å². The van der Waals surface area contributed by atoms with Crippen LogP contribution in [0.2, 0.25) is 0 Å². The maximum Gasteiger partial charge on any atom is 3.00 e. The standard InChI is InChI=1S/C20H39N5O10S.Gd/c1-36(34,35)25(10-11-26)13-17(27)12-21-2-4-22(14-18(28)29)6-8-24(16-20(32)33)9-7-23(5-3-21)15-19(30)31;/h17,26-27H,2-16H2,1H3,(H,28,29)(H,30,31)(H,32,33);/q;+3/p-3. The van der Waals surface area contributed by atoms with Gasteiger partial charge in [0.15, 0.2) is 0 Å². The van der Waals surface area contributed by atoms with Crippen LogP contribution in [-0.4, -0.2) is 171 Å². The van der Waals surface area contributed by atoms with E-state index in [0.717, 1.165) is 10.6 Å². The molecule has 1 atom stereocenters. The van der Waals surface area contributed by atoms with E-state index in [1.165, 1.54) is 4.90 Å². The topological polar surface area (TPSA) is 211 Å². The number of hydrogen-bond acceptors (Lipinski definition) is 14. The third kappa shape index (κ3) is 16.9. The zero-order valence-corrected chi connectivity index (χ0v) is 23.9. The first-order valence-electron chi connectivity index (χ1n) is 11.5. The number of aliphatic hydroxyl groups is 2. The Morgan fingerprint density at radius 1 is 0.784 bits per heavy atom.